The van der Waals surface area contributed by atoms with Crippen molar-refractivity contribution in [1.82, 2.24) is 0 Å². The van der Waals surface area contributed by atoms with Gasteiger partial charge in [0.2, 0.25) is 0 Å². The molecular weight excluding hydrogens is 316 g/mol. The number of hydrogen-bond donors (Lipinski definition) is 1. The summed E-state index contributed by atoms with van der Waals surface area (Å²) >= 11 is 0. The molecule has 0 spiro atoms. The lowest BCUT2D eigenvalue weighted by Gasteiger charge is -2.56. The number of carboxylic acid groups (broad SMARTS) is 1. The van der Waals surface area contributed by atoms with Crippen LogP contribution in [0, 0.1) is 29.1 Å². The quantitative estimate of drug-likeness (QED) is 0.559. The van der Waals surface area contributed by atoms with Gasteiger partial charge in [0.1, 0.15) is 5.78 Å². The van der Waals surface area contributed by atoms with Gasteiger partial charge in [0.25, 0.3) is 0 Å². The SMILES string of the molecule is CC(=O)C[C@H](CCCCCOCC12CC3CC(CC(C3)C1)C2)C(=O)O. The molecule has 4 aliphatic rings. The van der Waals surface area contributed by atoms with Crippen LogP contribution < -0.4 is 0 Å². The van der Waals surface area contributed by atoms with Crippen molar-refractivity contribution in [2.75, 3.05) is 13.2 Å². The molecule has 4 heteroatoms. The van der Waals surface area contributed by atoms with Crippen molar-refractivity contribution in [2.45, 2.75) is 77.6 Å². The number of rotatable bonds is 11. The van der Waals surface area contributed by atoms with Crippen LogP contribution >= 0.6 is 0 Å². The van der Waals surface area contributed by atoms with Crippen molar-refractivity contribution in [3.8, 4) is 0 Å². The predicted molar refractivity (Wildman–Crippen MR) is 96.3 cm³/mol. The number of aliphatic carboxylic acids is 1. The van der Waals surface area contributed by atoms with Gasteiger partial charge in [-0.3, -0.25) is 4.79 Å². The van der Waals surface area contributed by atoms with Gasteiger partial charge < -0.3 is 14.6 Å². The summed E-state index contributed by atoms with van der Waals surface area (Å²) < 4.78 is 6.07. The Morgan fingerprint density at radius 2 is 1.64 bits per heavy atom. The highest BCUT2D eigenvalue weighted by molar-refractivity contribution is 5.81. The van der Waals surface area contributed by atoms with E-state index in [2.05, 4.69) is 0 Å². The molecule has 25 heavy (non-hydrogen) atoms. The van der Waals surface area contributed by atoms with Gasteiger partial charge in [-0.05, 0) is 81.5 Å². The summed E-state index contributed by atoms with van der Waals surface area (Å²) in [6, 6.07) is 0. The van der Waals surface area contributed by atoms with Gasteiger partial charge in [0, 0.05) is 13.0 Å². The van der Waals surface area contributed by atoms with Crippen molar-refractivity contribution in [3.05, 3.63) is 0 Å². The number of hydrogen-bond acceptors (Lipinski definition) is 3. The van der Waals surface area contributed by atoms with E-state index < -0.39 is 11.9 Å². The smallest absolute Gasteiger partial charge is 0.306 e. The minimum absolute atomic E-state index is 0.0358. The zero-order valence-corrected chi connectivity index (χ0v) is 15.7. The highest BCUT2D eigenvalue weighted by Gasteiger charge is 2.50. The number of ether oxygens (including phenoxy) is 1. The van der Waals surface area contributed by atoms with Crippen LogP contribution in [0.5, 0.6) is 0 Å². The molecule has 1 N–H and O–H groups in total. The van der Waals surface area contributed by atoms with Crippen molar-refractivity contribution < 1.29 is 19.4 Å². The Bertz CT molecular complexity index is 449. The van der Waals surface area contributed by atoms with Gasteiger partial charge in [-0.1, -0.05) is 12.8 Å². The van der Waals surface area contributed by atoms with E-state index in [9.17, 15) is 9.59 Å². The molecule has 4 bridgehead atoms. The number of carbonyl (C=O) groups excluding carboxylic acids is 1. The third-order valence-corrected chi connectivity index (χ3v) is 6.80. The Labute approximate surface area is 151 Å². The second-order valence-corrected chi connectivity index (χ2v) is 9.26. The largest absolute Gasteiger partial charge is 0.481 e. The lowest BCUT2D eigenvalue weighted by Crippen LogP contribution is -2.48. The van der Waals surface area contributed by atoms with Crippen LogP contribution in [-0.4, -0.2) is 30.1 Å². The fourth-order valence-corrected chi connectivity index (χ4v) is 6.19. The van der Waals surface area contributed by atoms with Crippen LogP contribution in [0.25, 0.3) is 0 Å². The Morgan fingerprint density at radius 1 is 1.04 bits per heavy atom. The van der Waals surface area contributed by atoms with E-state index in [-0.39, 0.29) is 12.2 Å². The average Bonchev–Trinajstić information content (AvgIpc) is 2.50. The lowest BCUT2D eigenvalue weighted by atomic mass is 9.50. The summed E-state index contributed by atoms with van der Waals surface area (Å²) in [5, 5.41) is 9.14. The summed E-state index contributed by atoms with van der Waals surface area (Å²) in [6.45, 7) is 3.21. The van der Waals surface area contributed by atoms with Crippen molar-refractivity contribution in [3.63, 3.8) is 0 Å². The van der Waals surface area contributed by atoms with E-state index in [0.717, 1.165) is 50.2 Å². The minimum atomic E-state index is -0.840. The van der Waals surface area contributed by atoms with E-state index >= 15 is 0 Å². The molecule has 0 unspecified atom stereocenters. The van der Waals surface area contributed by atoms with E-state index in [1.54, 1.807) is 0 Å². The molecule has 0 saturated heterocycles. The summed E-state index contributed by atoms with van der Waals surface area (Å²) in [7, 11) is 0. The van der Waals surface area contributed by atoms with Crippen molar-refractivity contribution >= 4 is 11.8 Å². The molecule has 142 valence electrons. The Balaban J connectivity index is 1.28. The molecule has 0 aromatic rings. The monoisotopic (exact) mass is 350 g/mol. The van der Waals surface area contributed by atoms with Crippen molar-refractivity contribution in [2.24, 2.45) is 29.1 Å². The molecule has 4 aliphatic carbocycles. The molecule has 0 heterocycles. The molecule has 0 aromatic carbocycles. The molecule has 4 fully saturated rings. The fraction of sp³-hybridized carbons (Fsp3) is 0.905. The molecule has 0 aromatic heterocycles. The zero-order valence-electron chi connectivity index (χ0n) is 15.7. The van der Waals surface area contributed by atoms with Crippen LogP contribution in [0.1, 0.15) is 77.6 Å². The number of carbonyl (C=O) groups is 2. The van der Waals surface area contributed by atoms with Crippen LogP contribution in [-0.2, 0) is 14.3 Å². The molecule has 0 amide bonds. The van der Waals surface area contributed by atoms with Gasteiger partial charge >= 0.3 is 5.97 Å². The standard InChI is InChI=1S/C21H34O4/c1-15(22)7-19(20(23)24)5-3-2-4-6-25-14-21-11-16-8-17(12-21)10-18(9-16)13-21/h16-19H,2-14H2,1H3,(H,23,24)/t16?,17?,18?,19-,21?/m0/s1. The highest BCUT2D eigenvalue weighted by Crippen LogP contribution is 2.60. The molecule has 4 nitrogen and oxygen atoms in total. The number of Topliss-reactive ketones (excluding diaryl/α,β-unsaturated/α-hetero) is 1. The zero-order chi connectivity index (χ0) is 17.9. The molecule has 0 aliphatic heterocycles. The summed E-state index contributed by atoms with van der Waals surface area (Å²) in [6.07, 6.45) is 12.2. The average molecular weight is 350 g/mol. The van der Waals surface area contributed by atoms with Crippen molar-refractivity contribution in [1.29, 1.82) is 0 Å². The second-order valence-electron chi connectivity index (χ2n) is 9.26. The number of carboxylic acids is 1. The molecule has 4 saturated carbocycles. The van der Waals surface area contributed by atoms with Crippen LogP contribution in [0.2, 0.25) is 0 Å². The van der Waals surface area contributed by atoms with E-state index in [1.165, 1.54) is 45.4 Å². The molecule has 0 radical (unpaired) electrons. The highest BCUT2D eigenvalue weighted by atomic mass is 16.5. The maximum atomic E-state index is 11.1. The summed E-state index contributed by atoms with van der Waals surface area (Å²) in [5.74, 6) is 1.54. The summed E-state index contributed by atoms with van der Waals surface area (Å²) in [5.41, 5.74) is 0.491. The molecule has 1 atom stereocenters. The van der Waals surface area contributed by atoms with Crippen LogP contribution in [0.15, 0.2) is 0 Å². The molecule has 4 rings (SSSR count). The minimum Gasteiger partial charge on any atom is -0.481 e. The third kappa shape index (κ3) is 5.06. The van der Waals surface area contributed by atoms with Gasteiger partial charge in [-0.2, -0.15) is 0 Å². The second kappa shape index (κ2) is 8.20. The van der Waals surface area contributed by atoms with Gasteiger partial charge in [0.15, 0.2) is 0 Å². The first-order valence-electron chi connectivity index (χ1n) is 10.3. The normalized spacial score (nSPS) is 34.2. The summed E-state index contributed by atoms with van der Waals surface area (Å²) in [4.78, 5) is 22.2. The van der Waals surface area contributed by atoms with E-state index in [1.807, 2.05) is 0 Å². The molecular formula is C21H34O4. The predicted octanol–water partition coefficient (Wildman–Crippen LogP) is 4.46. The first-order valence-corrected chi connectivity index (χ1v) is 10.3. The van der Waals surface area contributed by atoms with Gasteiger partial charge in [0.05, 0.1) is 12.5 Å². The van der Waals surface area contributed by atoms with Crippen LogP contribution in [0.3, 0.4) is 0 Å². The van der Waals surface area contributed by atoms with E-state index in [0.29, 0.717) is 11.8 Å². The Kier molecular flexibility index (Phi) is 6.19. The topological polar surface area (TPSA) is 63.6 Å². The fourth-order valence-electron chi connectivity index (χ4n) is 6.19. The lowest BCUT2D eigenvalue weighted by molar-refractivity contribution is -0.143. The van der Waals surface area contributed by atoms with Crippen LogP contribution in [0.4, 0.5) is 0 Å². The van der Waals surface area contributed by atoms with Gasteiger partial charge in [-0.15, -0.1) is 0 Å². The van der Waals surface area contributed by atoms with Gasteiger partial charge in [-0.25, -0.2) is 0 Å². The maximum Gasteiger partial charge on any atom is 0.306 e. The number of unbranched alkanes of at least 4 members (excludes halogenated alkanes) is 2. The first-order chi connectivity index (χ1) is 12.0. The first kappa shape index (κ1) is 18.9. The Morgan fingerprint density at radius 3 is 2.16 bits per heavy atom. The number of ketones is 1. The maximum absolute atomic E-state index is 11.1. The Hall–Kier alpha value is -0.900. The van der Waals surface area contributed by atoms with E-state index in [4.69, 9.17) is 9.84 Å². The third-order valence-electron chi connectivity index (χ3n) is 6.80.